The number of nitrogens with zero attached hydrogens (tertiary/aromatic N) is 5. The lowest BCUT2D eigenvalue weighted by Gasteiger charge is -2.07. The fourth-order valence-electron chi connectivity index (χ4n) is 3.40. The second kappa shape index (κ2) is 8.14. The van der Waals surface area contributed by atoms with Crippen LogP contribution in [0.15, 0.2) is 66.0 Å². The average Bonchev–Trinajstić information content (AvgIpc) is 3.35. The minimum Gasteiger partial charge on any atom is -0.326 e. The molecule has 148 valence electrons. The molecule has 0 aliphatic rings. The van der Waals surface area contributed by atoms with Crippen molar-refractivity contribution in [2.75, 3.05) is 5.32 Å². The molecule has 0 atom stereocenters. The van der Waals surface area contributed by atoms with E-state index in [2.05, 4.69) is 15.4 Å². The van der Waals surface area contributed by atoms with Crippen molar-refractivity contribution in [1.82, 2.24) is 23.9 Å². The smallest absolute Gasteiger partial charge is 0.326 e. The maximum atomic E-state index is 12.8. The Morgan fingerprint density at radius 3 is 2.31 bits per heavy atom. The summed E-state index contributed by atoms with van der Waals surface area (Å²) in [7, 11) is 0. The first-order valence-electron chi connectivity index (χ1n) is 9.60. The maximum absolute atomic E-state index is 12.8. The molecule has 2 aromatic heterocycles. The number of hydrogen-bond donors (Lipinski definition) is 1. The number of anilines is 1. The maximum Gasteiger partial charge on any atom is 0.329 e. The third kappa shape index (κ3) is 3.82. The first kappa shape index (κ1) is 18.7. The molecule has 0 fully saturated rings. The molecule has 0 bridgehead atoms. The molecule has 1 amide bonds. The number of para-hydroxylation sites is 2. The molecule has 0 saturated heterocycles. The van der Waals surface area contributed by atoms with Gasteiger partial charge in [0.25, 0.3) is 0 Å². The number of benzene rings is 2. The molecule has 4 aromatic rings. The molecule has 8 heteroatoms. The summed E-state index contributed by atoms with van der Waals surface area (Å²) in [6, 6.07) is 15.0. The molecule has 0 unspecified atom stereocenters. The van der Waals surface area contributed by atoms with Crippen LogP contribution in [0.1, 0.15) is 19.8 Å². The van der Waals surface area contributed by atoms with Crippen LogP contribution in [-0.2, 0) is 17.9 Å². The minimum absolute atomic E-state index is 0.0713. The van der Waals surface area contributed by atoms with E-state index in [1.807, 2.05) is 55.5 Å². The van der Waals surface area contributed by atoms with Gasteiger partial charge in [-0.25, -0.2) is 14.5 Å². The van der Waals surface area contributed by atoms with E-state index in [0.717, 1.165) is 23.1 Å². The van der Waals surface area contributed by atoms with Crippen molar-refractivity contribution in [3.8, 4) is 5.69 Å². The van der Waals surface area contributed by atoms with Gasteiger partial charge in [-0.2, -0.15) is 5.10 Å². The zero-order chi connectivity index (χ0) is 20.2. The summed E-state index contributed by atoms with van der Waals surface area (Å²) in [6.45, 7) is 3.04. The highest BCUT2D eigenvalue weighted by atomic mass is 16.2. The summed E-state index contributed by atoms with van der Waals surface area (Å²) in [4.78, 5) is 29.1. The third-order valence-electron chi connectivity index (χ3n) is 4.77. The van der Waals surface area contributed by atoms with Gasteiger partial charge in [-0.1, -0.05) is 19.1 Å². The van der Waals surface area contributed by atoms with Gasteiger partial charge in [0.15, 0.2) is 0 Å². The lowest BCUT2D eigenvalue weighted by atomic mass is 10.2. The molecule has 8 nitrogen and oxygen atoms in total. The molecule has 2 aromatic carbocycles. The highest BCUT2D eigenvalue weighted by molar-refractivity contribution is 5.90. The zero-order valence-corrected chi connectivity index (χ0v) is 16.2. The van der Waals surface area contributed by atoms with Gasteiger partial charge in [0, 0.05) is 25.2 Å². The first-order valence-corrected chi connectivity index (χ1v) is 9.60. The van der Waals surface area contributed by atoms with Gasteiger partial charge in [0.2, 0.25) is 5.91 Å². The van der Waals surface area contributed by atoms with Crippen LogP contribution < -0.4 is 11.0 Å². The first-order chi connectivity index (χ1) is 14.2. The molecule has 0 saturated carbocycles. The van der Waals surface area contributed by atoms with E-state index in [0.29, 0.717) is 18.8 Å². The van der Waals surface area contributed by atoms with Crippen LogP contribution in [0.2, 0.25) is 0 Å². The predicted molar refractivity (Wildman–Crippen MR) is 111 cm³/mol. The van der Waals surface area contributed by atoms with Gasteiger partial charge in [-0.15, -0.1) is 0 Å². The Morgan fingerprint density at radius 1 is 1.00 bits per heavy atom. The van der Waals surface area contributed by atoms with Crippen molar-refractivity contribution in [3.05, 3.63) is 71.7 Å². The Labute approximate surface area is 167 Å². The van der Waals surface area contributed by atoms with Crippen LogP contribution in [0.5, 0.6) is 0 Å². The average molecular weight is 390 g/mol. The summed E-state index contributed by atoms with van der Waals surface area (Å²) in [5, 5.41) is 6.95. The summed E-state index contributed by atoms with van der Waals surface area (Å²) >= 11 is 0. The Morgan fingerprint density at radius 2 is 1.69 bits per heavy atom. The number of aryl methyl sites for hydroxylation is 2. The lowest BCUT2D eigenvalue weighted by Crippen LogP contribution is -2.26. The van der Waals surface area contributed by atoms with Crippen molar-refractivity contribution in [3.63, 3.8) is 0 Å². The van der Waals surface area contributed by atoms with Gasteiger partial charge < -0.3 is 5.32 Å². The number of fused-ring (bicyclic) bond motifs is 1. The van der Waals surface area contributed by atoms with Crippen LogP contribution in [0.3, 0.4) is 0 Å². The minimum atomic E-state index is -0.141. The van der Waals surface area contributed by atoms with E-state index >= 15 is 0 Å². The van der Waals surface area contributed by atoms with Gasteiger partial charge in [0.05, 0.1) is 16.7 Å². The summed E-state index contributed by atoms with van der Waals surface area (Å²) in [5.41, 5.74) is 3.24. The molecule has 4 rings (SSSR count). The molecule has 0 spiro atoms. The molecular weight excluding hydrogens is 368 g/mol. The van der Waals surface area contributed by atoms with Crippen LogP contribution in [-0.4, -0.2) is 29.8 Å². The standard InChI is InChI=1S/C21H22N6O2/c1-2-12-25-18-5-3-4-6-19(18)26(21(25)29)13-11-20(28)24-16-7-9-17(10-8-16)27-15-22-14-23-27/h3-10,14-15H,2,11-13H2,1H3,(H,24,28). The fourth-order valence-corrected chi connectivity index (χ4v) is 3.40. The monoisotopic (exact) mass is 390 g/mol. The van der Waals surface area contributed by atoms with Gasteiger partial charge in [-0.3, -0.25) is 13.9 Å². The number of imidazole rings is 1. The lowest BCUT2D eigenvalue weighted by molar-refractivity contribution is -0.116. The van der Waals surface area contributed by atoms with Crippen LogP contribution in [0.25, 0.3) is 16.7 Å². The van der Waals surface area contributed by atoms with Gasteiger partial charge >= 0.3 is 5.69 Å². The second-order valence-electron chi connectivity index (χ2n) is 6.76. The van der Waals surface area contributed by atoms with Crippen molar-refractivity contribution in [2.45, 2.75) is 32.9 Å². The van der Waals surface area contributed by atoms with E-state index in [1.165, 1.54) is 6.33 Å². The highest BCUT2D eigenvalue weighted by Crippen LogP contribution is 2.15. The topological polar surface area (TPSA) is 86.7 Å². The van der Waals surface area contributed by atoms with Crippen LogP contribution >= 0.6 is 0 Å². The number of nitrogens with one attached hydrogen (secondary N) is 1. The Balaban J connectivity index is 1.45. The van der Waals surface area contributed by atoms with E-state index in [1.54, 1.807) is 20.1 Å². The summed E-state index contributed by atoms with van der Waals surface area (Å²) in [5.74, 6) is -0.141. The number of aromatic nitrogens is 5. The van der Waals surface area contributed by atoms with Crippen LogP contribution in [0, 0.1) is 0 Å². The van der Waals surface area contributed by atoms with Crippen molar-refractivity contribution < 1.29 is 4.79 Å². The fraction of sp³-hybridized carbons (Fsp3) is 0.238. The number of rotatable bonds is 7. The number of hydrogen-bond acceptors (Lipinski definition) is 4. The molecule has 29 heavy (non-hydrogen) atoms. The largest absolute Gasteiger partial charge is 0.329 e. The van der Waals surface area contributed by atoms with E-state index in [4.69, 9.17) is 0 Å². The molecule has 0 radical (unpaired) electrons. The zero-order valence-electron chi connectivity index (χ0n) is 16.2. The molecule has 1 N–H and O–H groups in total. The molecular formula is C21H22N6O2. The number of carbonyl (C=O) groups excluding carboxylic acids is 1. The van der Waals surface area contributed by atoms with E-state index in [-0.39, 0.29) is 18.0 Å². The summed E-state index contributed by atoms with van der Waals surface area (Å²) in [6.07, 6.45) is 4.17. The van der Waals surface area contributed by atoms with Crippen molar-refractivity contribution in [2.24, 2.45) is 0 Å². The van der Waals surface area contributed by atoms with Gasteiger partial charge in [-0.05, 0) is 42.8 Å². The van der Waals surface area contributed by atoms with Crippen molar-refractivity contribution >= 4 is 22.6 Å². The number of carbonyl (C=O) groups is 1. The quantitative estimate of drug-likeness (QED) is 0.526. The predicted octanol–water partition coefficient (Wildman–Crippen LogP) is 2.82. The SMILES string of the molecule is CCCn1c(=O)n(CCC(=O)Nc2ccc(-n3cncn3)cc2)c2ccccc21. The molecule has 0 aliphatic carbocycles. The highest BCUT2D eigenvalue weighted by Gasteiger charge is 2.13. The molecule has 0 aliphatic heterocycles. The van der Waals surface area contributed by atoms with Crippen LogP contribution in [0.4, 0.5) is 5.69 Å². The van der Waals surface area contributed by atoms with Gasteiger partial charge in [0.1, 0.15) is 12.7 Å². The second-order valence-corrected chi connectivity index (χ2v) is 6.76. The third-order valence-corrected chi connectivity index (χ3v) is 4.77. The van der Waals surface area contributed by atoms with E-state index in [9.17, 15) is 9.59 Å². The Hall–Kier alpha value is -3.68. The van der Waals surface area contributed by atoms with E-state index < -0.39 is 0 Å². The normalized spacial score (nSPS) is 11.1. The Bertz CT molecular complexity index is 1170. The number of amides is 1. The Kier molecular flexibility index (Phi) is 5.24. The summed E-state index contributed by atoms with van der Waals surface area (Å²) < 4.78 is 5.10. The molecule has 2 heterocycles. The van der Waals surface area contributed by atoms with Crippen molar-refractivity contribution in [1.29, 1.82) is 0 Å².